The van der Waals surface area contributed by atoms with Crippen molar-refractivity contribution in [2.75, 3.05) is 0 Å². The van der Waals surface area contributed by atoms with Crippen molar-refractivity contribution < 1.29 is 26.7 Å². The summed E-state index contributed by atoms with van der Waals surface area (Å²) in [6, 6.07) is 6.51. The van der Waals surface area contributed by atoms with Crippen LogP contribution in [0.3, 0.4) is 0 Å². The Bertz CT molecular complexity index is 714. The number of hydrogen-bond donors (Lipinski definition) is 0. The molecule has 114 valence electrons. The number of rotatable bonds is 3. The van der Waals surface area contributed by atoms with E-state index in [4.69, 9.17) is 0 Å². The standard InChI is InChI=1S/C16H9F5O/c17-13-7-3-10(14(18)9-13)4-8-15(22)11-1-5-12(6-2-11)16(19,20)21/h1-9H/b8-4+. The number of benzene rings is 2. The maximum atomic E-state index is 13.4. The van der Waals surface area contributed by atoms with Crippen LogP contribution in [0.15, 0.2) is 48.5 Å². The average molecular weight is 312 g/mol. The number of halogens is 5. The highest BCUT2D eigenvalue weighted by Crippen LogP contribution is 2.29. The fraction of sp³-hybridized carbons (Fsp3) is 0.0625. The van der Waals surface area contributed by atoms with Gasteiger partial charge in [0.25, 0.3) is 0 Å². The summed E-state index contributed by atoms with van der Waals surface area (Å²) in [6.45, 7) is 0. The number of carbonyl (C=O) groups is 1. The first-order chi connectivity index (χ1) is 10.3. The van der Waals surface area contributed by atoms with Gasteiger partial charge in [-0.3, -0.25) is 4.79 Å². The van der Waals surface area contributed by atoms with Crippen LogP contribution in [0, 0.1) is 11.6 Å². The SMILES string of the molecule is O=C(/C=C/c1ccc(F)cc1F)c1ccc(C(F)(F)F)cc1. The molecule has 0 aliphatic rings. The Morgan fingerprint density at radius 3 is 2.14 bits per heavy atom. The summed E-state index contributed by atoms with van der Waals surface area (Å²) >= 11 is 0. The van der Waals surface area contributed by atoms with E-state index in [1.54, 1.807) is 0 Å². The van der Waals surface area contributed by atoms with Crippen LogP contribution in [0.2, 0.25) is 0 Å². The smallest absolute Gasteiger partial charge is 0.289 e. The predicted octanol–water partition coefficient (Wildman–Crippen LogP) is 4.88. The highest BCUT2D eigenvalue weighted by molar-refractivity contribution is 6.06. The number of allylic oxidation sites excluding steroid dienone is 1. The summed E-state index contributed by atoms with van der Waals surface area (Å²) in [6.07, 6.45) is -2.33. The van der Waals surface area contributed by atoms with Gasteiger partial charge in [-0.2, -0.15) is 13.2 Å². The summed E-state index contributed by atoms with van der Waals surface area (Å²) in [5.41, 5.74) is -0.828. The molecule has 0 aliphatic carbocycles. The summed E-state index contributed by atoms with van der Waals surface area (Å²) in [5, 5.41) is 0. The molecule has 22 heavy (non-hydrogen) atoms. The predicted molar refractivity (Wildman–Crippen MR) is 71.2 cm³/mol. The maximum absolute atomic E-state index is 13.4. The molecule has 0 saturated carbocycles. The zero-order chi connectivity index (χ0) is 16.3. The third kappa shape index (κ3) is 3.78. The Balaban J connectivity index is 2.16. The average Bonchev–Trinajstić information content (AvgIpc) is 2.45. The molecule has 0 aliphatic heterocycles. The Morgan fingerprint density at radius 2 is 1.59 bits per heavy atom. The normalized spacial score (nSPS) is 11.9. The topological polar surface area (TPSA) is 17.1 Å². The van der Waals surface area contributed by atoms with Gasteiger partial charge in [-0.05, 0) is 36.4 Å². The van der Waals surface area contributed by atoms with Crippen LogP contribution >= 0.6 is 0 Å². The number of hydrogen-bond acceptors (Lipinski definition) is 1. The van der Waals surface area contributed by atoms with Gasteiger partial charge < -0.3 is 0 Å². The molecule has 0 N–H and O–H groups in total. The van der Waals surface area contributed by atoms with Gasteiger partial charge in [-0.25, -0.2) is 8.78 Å². The Hall–Kier alpha value is -2.50. The molecular weight excluding hydrogens is 303 g/mol. The van der Waals surface area contributed by atoms with Crippen LogP contribution in [0.5, 0.6) is 0 Å². The van der Waals surface area contributed by atoms with E-state index in [-0.39, 0.29) is 11.1 Å². The zero-order valence-electron chi connectivity index (χ0n) is 11.0. The molecule has 0 unspecified atom stereocenters. The lowest BCUT2D eigenvalue weighted by molar-refractivity contribution is -0.137. The van der Waals surface area contributed by atoms with Gasteiger partial charge in [0.1, 0.15) is 11.6 Å². The summed E-state index contributed by atoms with van der Waals surface area (Å²) in [5.74, 6) is -2.17. The third-order valence-electron chi connectivity index (χ3n) is 2.87. The summed E-state index contributed by atoms with van der Waals surface area (Å²) in [4.78, 5) is 11.8. The Morgan fingerprint density at radius 1 is 0.955 bits per heavy atom. The molecule has 0 amide bonds. The van der Waals surface area contributed by atoms with Crippen molar-refractivity contribution >= 4 is 11.9 Å². The van der Waals surface area contributed by atoms with Crippen LogP contribution in [0.4, 0.5) is 22.0 Å². The van der Waals surface area contributed by atoms with Gasteiger partial charge in [0.2, 0.25) is 0 Å². The van der Waals surface area contributed by atoms with Gasteiger partial charge in [0.15, 0.2) is 5.78 Å². The van der Waals surface area contributed by atoms with Crippen LogP contribution < -0.4 is 0 Å². The second-order valence-electron chi connectivity index (χ2n) is 4.44. The lowest BCUT2D eigenvalue weighted by Crippen LogP contribution is -2.05. The van der Waals surface area contributed by atoms with E-state index < -0.39 is 29.2 Å². The largest absolute Gasteiger partial charge is 0.416 e. The zero-order valence-corrected chi connectivity index (χ0v) is 11.0. The van der Waals surface area contributed by atoms with Crippen molar-refractivity contribution in [1.82, 2.24) is 0 Å². The van der Waals surface area contributed by atoms with E-state index in [1.807, 2.05) is 0 Å². The van der Waals surface area contributed by atoms with Crippen LogP contribution in [0.1, 0.15) is 21.5 Å². The molecule has 2 rings (SSSR count). The minimum atomic E-state index is -4.48. The quantitative estimate of drug-likeness (QED) is 0.448. The van der Waals surface area contributed by atoms with E-state index >= 15 is 0 Å². The summed E-state index contributed by atoms with van der Waals surface area (Å²) in [7, 11) is 0. The van der Waals surface area contributed by atoms with E-state index in [9.17, 15) is 26.7 Å². The van der Waals surface area contributed by atoms with Gasteiger partial charge >= 0.3 is 6.18 Å². The number of carbonyl (C=O) groups excluding carboxylic acids is 1. The second-order valence-corrected chi connectivity index (χ2v) is 4.44. The van der Waals surface area contributed by atoms with Crippen molar-refractivity contribution in [3.8, 4) is 0 Å². The maximum Gasteiger partial charge on any atom is 0.416 e. The lowest BCUT2D eigenvalue weighted by Gasteiger charge is -2.06. The first-order valence-corrected chi connectivity index (χ1v) is 6.12. The van der Waals surface area contributed by atoms with Crippen molar-refractivity contribution in [1.29, 1.82) is 0 Å². The molecular formula is C16H9F5O. The van der Waals surface area contributed by atoms with Gasteiger partial charge in [0.05, 0.1) is 5.56 Å². The molecule has 1 nitrogen and oxygen atoms in total. The molecule has 2 aromatic rings. The molecule has 2 aromatic carbocycles. The number of alkyl halides is 3. The Labute approximate surface area is 122 Å². The first-order valence-electron chi connectivity index (χ1n) is 6.12. The molecule has 0 atom stereocenters. The molecule has 0 aromatic heterocycles. The van der Waals surface area contributed by atoms with Crippen molar-refractivity contribution in [3.63, 3.8) is 0 Å². The molecule has 0 fully saturated rings. The molecule has 6 heteroatoms. The molecule has 0 radical (unpaired) electrons. The lowest BCUT2D eigenvalue weighted by atomic mass is 10.1. The minimum Gasteiger partial charge on any atom is -0.289 e. The highest BCUT2D eigenvalue weighted by Gasteiger charge is 2.30. The van der Waals surface area contributed by atoms with Crippen LogP contribution in [-0.4, -0.2) is 5.78 Å². The van der Waals surface area contributed by atoms with Gasteiger partial charge in [-0.1, -0.05) is 12.1 Å². The van der Waals surface area contributed by atoms with Crippen molar-refractivity contribution in [2.24, 2.45) is 0 Å². The van der Waals surface area contributed by atoms with E-state index in [1.165, 1.54) is 0 Å². The summed E-state index contributed by atoms with van der Waals surface area (Å²) < 4.78 is 63.3. The fourth-order valence-electron chi connectivity index (χ4n) is 1.72. The molecule has 0 bridgehead atoms. The monoisotopic (exact) mass is 312 g/mol. The van der Waals surface area contributed by atoms with Gasteiger partial charge in [-0.15, -0.1) is 0 Å². The van der Waals surface area contributed by atoms with E-state index in [0.717, 1.165) is 48.6 Å². The van der Waals surface area contributed by atoms with Gasteiger partial charge in [0, 0.05) is 17.2 Å². The second kappa shape index (κ2) is 6.09. The third-order valence-corrected chi connectivity index (χ3v) is 2.87. The van der Waals surface area contributed by atoms with Crippen LogP contribution in [-0.2, 0) is 6.18 Å². The first kappa shape index (κ1) is 15.9. The highest BCUT2D eigenvalue weighted by atomic mass is 19.4. The molecule has 0 heterocycles. The van der Waals surface area contributed by atoms with E-state index in [0.29, 0.717) is 6.07 Å². The van der Waals surface area contributed by atoms with E-state index in [2.05, 4.69) is 0 Å². The molecule has 0 saturated heterocycles. The fourth-order valence-corrected chi connectivity index (χ4v) is 1.72. The van der Waals surface area contributed by atoms with Crippen LogP contribution in [0.25, 0.3) is 6.08 Å². The minimum absolute atomic E-state index is 0.00154. The van der Waals surface area contributed by atoms with Crippen molar-refractivity contribution in [2.45, 2.75) is 6.18 Å². The molecule has 0 spiro atoms. The Kier molecular flexibility index (Phi) is 4.40. The number of ketones is 1. The van der Waals surface area contributed by atoms with Crippen molar-refractivity contribution in [3.05, 3.63) is 76.9 Å².